The molecule has 0 aromatic carbocycles. The number of ether oxygens (including phenoxy) is 1. The van der Waals surface area contributed by atoms with Crippen LogP contribution in [0.2, 0.25) is 0 Å². The van der Waals surface area contributed by atoms with Crippen molar-refractivity contribution in [1.82, 2.24) is 0 Å². The molecule has 0 saturated carbocycles. The van der Waals surface area contributed by atoms with Crippen molar-refractivity contribution >= 4 is 7.82 Å². The van der Waals surface area contributed by atoms with Crippen LogP contribution in [0.15, 0.2) is 0 Å². The Kier molecular flexibility index (Phi) is 20.3. The summed E-state index contributed by atoms with van der Waals surface area (Å²) < 4.78 is 20.0. The highest BCUT2D eigenvalue weighted by Gasteiger charge is 2.16. The quantitative estimate of drug-likeness (QED) is 0.152. The van der Waals surface area contributed by atoms with Gasteiger partial charge in [0.25, 0.3) is 0 Å². The number of aliphatic hydroxyl groups is 1. The summed E-state index contributed by atoms with van der Waals surface area (Å²) in [6, 6.07) is 0. The second kappa shape index (κ2) is 20.3. The van der Waals surface area contributed by atoms with Crippen molar-refractivity contribution in [2.45, 2.75) is 116 Å². The summed E-state index contributed by atoms with van der Waals surface area (Å²) in [7, 11) is -4.51. The van der Waals surface area contributed by atoms with Gasteiger partial charge < -0.3 is 19.6 Å². The molecule has 0 aliphatic carbocycles. The highest BCUT2D eigenvalue weighted by atomic mass is 31.2. The second-order valence-electron chi connectivity index (χ2n) is 7.82. The Morgan fingerprint density at radius 3 is 1.46 bits per heavy atom. The van der Waals surface area contributed by atoms with E-state index >= 15 is 0 Å². The first-order valence-electron chi connectivity index (χ1n) is 11.4. The Morgan fingerprint density at radius 1 is 0.679 bits per heavy atom. The normalized spacial score (nSPS) is 13.1. The van der Waals surface area contributed by atoms with Crippen LogP contribution in [0, 0.1) is 0 Å². The van der Waals surface area contributed by atoms with E-state index in [4.69, 9.17) is 14.5 Å². The zero-order valence-electron chi connectivity index (χ0n) is 18.0. The minimum atomic E-state index is -4.51. The van der Waals surface area contributed by atoms with E-state index in [0.29, 0.717) is 6.61 Å². The summed E-state index contributed by atoms with van der Waals surface area (Å²) in [5, 5.41) is 9.45. The van der Waals surface area contributed by atoms with Gasteiger partial charge in [-0.15, -0.1) is 0 Å². The summed E-state index contributed by atoms with van der Waals surface area (Å²) >= 11 is 0. The van der Waals surface area contributed by atoms with Crippen molar-refractivity contribution in [2.75, 3.05) is 19.8 Å². The van der Waals surface area contributed by atoms with Gasteiger partial charge in [0.05, 0.1) is 13.2 Å². The van der Waals surface area contributed by atoms with Crippen molar-refractivity contribution in [3.63, 3.8) is 0 Å². The van der Waals surface area contributed by atoms with Gasteiger partial charge in [0.1, 0.15) is 6.10 Å². The molecule has 0 aromatic rings. The summed E-state index contributed by atoms with van der Waals surface area (Å²) in [5.74, 6) is 0. The molecule has 0 amide bonds. The average molecular weight is 425 g/mol. The Labute approximate surface area is 172 Å². The van der Waals surface area contributed by atoms with Gasteiger partial charge in [-0.1, -0.05) is 103 Å². The number of unbranched alkanes of at least 4 members (excludes halogenated alkanes) is 15. The minimum Gasteiger partial charge on any atom is -0.388 e. The number of rotatable bonds is 22. The van der Waals surface area contributed by atoms with Crippen LogP contribution in [-0.2, 0) is 13.8 Å². The maximum Gasteiger partial charge on any atom is 0.469 e. The van der Waals surface area contributed by atoms with E-state index in [1.165, 1.54) is 89.9 Å². The minimum absolute atomic E-state index is 0.0404. The van der Waals surface area contributed by atoms with Crippen molar-refractivity contribution in [3.05, 3.63) is 0 Å². The lowest BCUT2D eigenvalue weighted by molar-refractivity contribution is 0.00476. The summed E-state index contributed by atoms with van der Waals surface area (Å²) in [6.45, 7) is 2.45. The average Bonchev–Trinajstić information content (AvgIpc) is 2.65. The molecule has 0 fully saturated rings. The first-order valence-corrected chi connectivity index (χ1v) is 12.9. The van der Waals surface area contributed by atoms with E-state index in [1.54, 1.807) is 0 Å². The zero-order chi connectivity index (χ0) is 20.9. The number of aliphatic hydroxyl groups excluding tert-OH is 1. The van der Waals surface area contributed by atoms with Gasteiger partial charge in [-0.2, -0.15) is 0 Å². The van der Waals surface area contributed by atoms with Crippen LogP contribution in [0.5, 0.6) is 0 Å². The van der Waals surface area contributed by atoms with Crippen LogP contribution in [0.3, 0.4) is 0 Å². The smallest absolute Gasteiger partial charge is 0.388 e. The molecule has 3 N–H and O–H groups in total. The predicted molar refractivity (Wildman–Crippen MR) is 114 cm³/mol. The van der Waals surface area contributed by atoms with Crippen LogP contribution in [0.25, 0.3) is 0 Å². The van der Waals surface area contributed by atoms with Crippen LogP contribution >= 0.6 is 7.82 Å². The van der Waals surface area contributed by atoms with Crippen molar-refractivity contribution in [3.8, 4) is 0 Å². The van der Waals surface area contributed by atoms with E-state index < -0.39 is 20.5 Å². The molecule has 7 heteroatoms. The third-order valence-corrected chi connectivity index (χ3v) is 5.37. The van der Waals surface area contributed by atoms with Crippen LogP contribution in [0.4, 0.5) is 0 Å². The fourth-order valence-corrected chi connectivity index (χ4v) is 3.57. The summed E-state index contributed by atoms with van der Waals surface area (Å²) in [4.78, 5) is 17.1. The standard InChI is InChI=1S/C21H45O6P/c1-2-3-4-5-6-7-8-9-10-11-12-13-14-15-16-17-18-26-19-21(22)20-27-28(23,24)25/h21-22H,2-20H2,1H3,(H2,23,24,25)/t21-/m1/s1. The fourth-order valence-electron chi connectivity index (χ4n) is 3.20. The van der Waals surface area contributed by atoms with Gasteiger partial charge in [-0.25, -0.2) is 4.57 Å². The molecule has 0 aromatic heterocycles. The van der Waals surface area contributed by atoms with E-state index in [0.717, 1.165) is 12.8 Å². The first kappa shape index (κ1) is 28.0. The lowest BCUT2D eigenvalue weighted by atomic mass is 10.0. The Balaban J connectivity index is 3.13. The van der Waals surface area contributed by atoms with E-state index in [9.17, 15) is 9.67 Å². The molecular weight excluding hydrogens is 379 g/mol. The highest BCUT2D eigenvalue weighted by Crippen LogP contribution is 2.35. The van der Waals surface area contributed by atoms with Crippen molar-refractivity contribution in [2.24, 2.45) is 0 Å². The number of hydrogen-bond donors (Lipinski definition) is 3. The van der Waals surface area contributed by atoms with Gasteiger partial charge in [0, 0.05) is 6.61 Å². The lowest BCUT2D eigenvalue weighted by Crippen LogP contribution is -2.21. The zero-order valence-corrected chi connectivity index (χ0v) is 18.9. The number of hydrogen-bond acceptors (Lipinski definition) is 4. The van der Waals surface area contributed by atoms with Gasteiger partial charge in [0.15, 0.2) is 0 Å². The maximum absolute atomic E-state index is 10.5. The molecule has 28 heavy (non-hydrogen) atoms. The fraction of sp³-hybridized carbons (Fsp3) is 1.00. The first-order chi connectivity index (χ1) is 13.5. The monoisotopic (exact) mass is 424 g/mol. The predicted octanol–water partition coefficient (Wildman–Crippen LogP) is 5.73. The third kappa shape index (κ3) is 24.1. The molecule has 0 saturated heterocycles. The van der Waals surface area contributed by atoms with Crippen molar-refractivity contribution in [1.29, 1.82) is 0 Å². The van der Waals surface area contributed by atoms with E-state index in [2.05, 4.69) is 11.4 Å². The summed E-state index contributed by atoms with van der Waals surface area (Å²) in [5.41, 5.74) is 0. The van der Waals surface area contributed by atoms with Crippen LogP contribution in [0.1, 0.15) is 110 Å². The Morgan fingerprint density at radius 2 is 1.07 bits per heavy atom. The number of phosphoric ester groups is 1. The van der Waals surface area contributed by atoms with E-state index in [-0.39, 0.29) is 6.61 Å². The van der Waals surface area contributed by atoms with Gasteiger partial charge >= 0.3 is 7.82 Å². The molecular formula is C21H45O6P. The molecule has 0 bridgehead atoms. The molecule has 0 heterocycles. The number of phosphoric acid groups is 1. The lowest BCUT2D eigenvalue weighted by Gasteiger charge is -2.12. The molecule has 6 nitrogen and oxygen atoms in total. The molecule has 0 rings (SSSR count). The molecule has 0 spiro atoms. The van der Waals surface area contributed by atoms with Gasteiger partial charge in [-0.3, -0.25) is 4.52 Å². The molecule has 170 valence electrons. The molecule has 0 radical (unpaired) electrons. The SMILES string of the molecule is CCCCCCCCCCCCCCCCCCOC[C@@H](O)COP(=O)(O)O. The van der Waals surface area contributed by atoms with Crippen molar-refractivity contribution < 1.29 is 28.7 Å². The molecule has 1 atom stereocenters. The van der Waals surface area contributed by atoms with E-state index in [1.807, 2.05) is 0 Å². The topological polar surface area (TPSA) is 96.2 Å². The summed E-state index contributed by atoms with van der Waals surface area (Å²) in [6.07, 6.45) is 20.2. The van der Waals surface area contributed by atoms with Gasteiger partial charge in [-0.05, 0) is 6.42 Å². The largest absolute Gasteiger partial charge is 0.469 e. The third-order valence-electron chi connectivity index (χ3n) is 4.89. The molecule has 0 unspecified atom stereocenters. The van der Waals surface area contributed by atoms with Crippen LogP contribution in [-0.4, -0.2) is 40.8 Å². The Hall–Kier alpha value is 0.0300. The molecule has 0 aliphatic rings. The highest BCUT2D eigenvalue weighted by molar-refractivity contribution is 7.46. The second-order valence-corrected chi connectivity index (χ2v) is 9.06. The maximum atomic E-state index is 10.5. The van der Waals surface area contributed by atoms with Crippen LogP contribution < -0.4 is 0 Å². The molecule has 0 aliphatic heterocycles. The van der Waals surface area contributed by atoms with Gasteiger partial charge in [0.2, 0.25) is 0 Å². The Bertz CT molecular complexity index is 361.